The lowest BCUT2D eigenvalue weighted by atomic mass is 10.1. The van der Waals surface area contributed by atoms with Gasteiger partial charge in [-0.05, 0) is 61.7 Å². The Morgan fingerprint density at radius 1 is 0.939 bits per heavy atom. The lowest BCUT2D eigenvalue weighted by molar-refractivity contribution is 0.201. The summed E-state index contributed by atoms with van der Waals surface area (Å²) in [5.41, 5.74) is 3.62. The van der Waals surface area contributed by atoms with Crippen LogP contribution in [0.3, 0.4) is 0 Å². The van der Waals surface area contributed by atoms with Gasteiger partial charge in [-0.2, -0.15) is 0 Å². The third kappa shape index (κ3) is 4.76. The van der Waals surface area contributed by atoms with Gasteiger partial charge in [0.2, 0.25) is 0 Å². The van der Waals surface area contributed by atoms with E-state index in [1.165, 1.54) is 5.56 Å². The van der Waals surface area contributed by atoms with Crippen molar-refractivity contribution < 1.29 is 21.6 Å². The van der Waals surface area contributed by atoms with Crippen molar-refractivity contribution in [3.63, 3.8) is 0 Å². The van der Waals surface area contributed by atoms with Crippen LogP contribution in [-0.4, -0.2) is 77.8 Å². The SMILES string of the molecule is COc1cc(C)c(S(=O)(=O)[C@H]2CS(=O)(=O)C[C@@H]2N2CCN(c3cccc(C)c3)CC2)cc1C. The van der Waals surface area contributed by atoms with E-state index in [2.05, 4.69) is 34.9 Å². The van der Waals surface area contributed by atoms with Crippen LogP contribution in [0.25, 0.3) is 0 Å². The molecular weight excluding hydrogens is 460 g/mol. The Bertz CT molecular complexity index is 1250. The first-order valence-electron chi connectivity index (χ1n) is 11.2. The zero-order chi connectivity index (χ0) is 24.0. The molecule has 0 amide bonds. The minimum atomic E-state index is -3.85. The van der Waals surface area contributed by atoms with Gasteiger partial charge in [0.1, 0.15) is 5.75 Å². The maximum Gasteiger partial charge on any atom is 0.184 e. The summed E-state index contributed by atoms with van der Waals surface area (Å²) in [6, 6.07) is 11.1. The number of hydrogen-bond donors (Lipinski definition) is 0. The summed E-state index contributed by atoms with van der Waals surface area (Å²) in [6.45, 7) is 8.29. The molecule has 2 aliphatic rings. The van der Waals surface area contributed by atoms with Crippen LogP contribution in [0.2, 0.25) is 0 Å². The molecule has 33 heavy (non-hydrogen) atoms. The van der Waals surface area contributed by atoms with Gasteiger partial charge in [-0.1, -0.05) is 12.1 Å². The van der Waals surface area contributed by atoms with Crippen molar-refractivity contribution in [1.82, 2.24) is 4.90 Å². The summed E-state index contributed by atoms with van der Waals surface area (Å²) in [5.74, 6) is 0.173. The molecule has 7 nitrogen and oxygen atoms in total. The van der Waals surface area contributed by atoms with Gasteiger partial charge in [0, 0.05) is 37.9 Å². The summed E-state index contributed by atoms with van der Waals surface area (Å²) >= 11 is 0. The normalized spacial score (nSPS) is 23.6. The number of sulfone groups is 2. The molecule has 2 atom stereocenters. The molecule has 0 unspecified atom stereocenters. The highest BCUT2D eigenvalue weighted by Gasteiger charge is 2.49. The number of piperazine rings is 1. The zero-order valence-corrected chi connectivity index (χ0v) is 21.2. The average Bonchev–Trinajstić information content (AvgIpc) is 3.11. The second kappa shape index (κ2) is 8.92. The number of rotatable bonds is 5. The molecule has 0 spiro atoms. The van der Waals surface area contributed by atoms with Crippen LogP contribution < -0.4 is 9.64 Å². The van der Waals surface area contributed by atoms with Gasteiger partial charge in [0.25, 0.3) is 0 Å². The van der Waals surface area contributed by atoms with E-state index in [-0.39, 0.29) is 16.4 Å². The van der Waals surface area contributed by atoms with Crippen LogP contribution in [0, 0.1) is 20.8 Å². The van der Waals surface area contributed by atoms with E-state index >= 15 is 0 Å². The Balaban J connectivity index is 1.59. The number of aryl methyl sites for hydroxylation is 3. The maximum atomic E-state index is 13.7. The second-order valence-corrected chi connectivity index (χ2v) is 13.5. The number of benzene rings is 2. The molecule has 0 N–H and O–H groups in total. The van der Waals surface area contributed by atoms with Crippen molar-refractivity contribution in [3.05, 3.63) is 53.1 Å². The Labute approximate surface area is 197 Å². The summed E-state index contributed by atoms with van der Waals surface area (Å²) < 4.78 is 58.0. The molecule has 2 heterocycles. The molecule has 2 saturated heterocycles. The number of ether oxygens (including phenoxy) is 1. The largest absolute Gasteiger partial charge is 0.496 e. The second-order valence-electron chi connectivity index (χ2n) is 9.18. The van der Waals surface area contributed by atoms with E-state index in [0.29, 0.717) is 30.0 Å². The highest BCUT2D eigenvalue weighted by molar-refractivity contribution is 7.96. The van der Waals surface area contributed by atoms with Crippen molar-refractivity contribution in [3.8, 4) is 5.75 Å². The van der Waals surface area contributed by atoms with Crippen LogP contribution in [-0.2, 0) is 19.7 Å². The number of hydrogen-bond acceptors (Lipinski definition) is 7. The van der Waals surface area contributed by atoms with Crippen molar-refractivity contribution in [2.24, 2.45) is 0 Å². The van der Waals surface area contributed by atoms with Gasteiger partial charge in [-0.15, -0.1) is 0 Å². The molecule has 0 radical (unpaired) electrons. The van der Waals surface area contributed by atoms with Crippen LogP contribution in [0.4, 0.5) is 5.69 Å². The standard InChI is InChI=1S/C24H32N2O5S2/c1-17-6-5-7-20(12-17)25-8-10-26(11-9-25)21-15-32(27,28)16-24(21)33(29,30)23-14-18(2)22(31-4)13-19(23)3/h5-7,12-14,21,24H,8-11,15-16H2,1-4H3/t21-,24-/m0/s1. The Morgan fingerprint density at radius 2 is 1.64 bits per heavy atom. The molecule has 4 rings (SSSR count). The average molecular weight is 493 g/mol. The fourth-order valence-electron chi connectivity index (χ4n) is 5.02. The van der Waals surface area contributed by atoms with E-state index in [9.17, 15) is 16.8 Å². The molecular formula is C24H32N2O5S2. The topological polar surface area (TPSA) is 84.0 Å². The first-order valence-corrected chi connectivity index (χ1v) is 14.5. The maximum absolute atomic E-state index is 13.7. The van der Waals surface area contributed by atoms with Crippen molar-refractivity contribution in [2.75, 3.05) is 49.7 Å². The minimum Gasteiger partial charge on any atom is -0.496 e. The number of methoxy groups -OCH3 is 1. The lowest BCUT2D eigenvalue weighted by Gasteiger charge is -2.40. The summed E-state index contributed by atoms with van der Waals surface area (Å²) in [7, 11) is -5.75. The smallest absolute Gasteiger partial charge is 0.184 e. The molecule has 2 fully saturated rings. The van der Waals surface area contributed by atoms with Gasteiger partial charge < -0.3 is 9.64 Å². The predicted molar refractivity (Wildman–Crippen MR) is 131 cm³/mol. The molecule has 0 saturated carbocycles. The quantitative estimate of drug-likeness (QED) is 0.634. The first-order chi connectivity index (χ1) is 15.5. The van der Waals surface area contributed by atoms with E-state index in [4.69, 9.17) is 4.74 Å². The lowest BCUT2D eigenvalue weighted by Crippen LogP contribution is -2.55. The fourth-order valence-corrected chi connectivity index (χ4v) is 10.2. The fraction of sp³-hybridized carbons (Fsp3) is 0.500. The third-order valence-electron chi connectivity index (χ3n) is 6.82. The molecule has 0 aromatic heterocycles. The van der Waals surface area contributed by atoms with E-state index < -0.39 is 31.0 Å². The summed E-state index contributed by atoms with van der Waals surface area (Å²) in [4.78, 5) is 4.53. The van der Waals surface area contributed by atoms with Crippen LogP contribution in [0.1, 0.15) is 16.7 Å². The molecule has 9 heteroatoms. The number of anilines is 1. The Hall–Kier alpha value is -2.10. The van der Waals surface area contributed by atoms with Gasteiger partial charge in [-0.25, -0.2) is 16.8 Å². The zero-order valence-electron chi connectivity index (χ0n) is 19.6. The monoisotopic (exact) mass is 492 g/mol. The summed E-state index contributed by atoms with van der Waals surface area (Å²) in [5, 5.41) is -0.973. The third-order valence-corrected chi connectivity index (χ3v) is 11.1. The van der Waals surface area contributed by atoms with Gasteiger partial charge in [0.05, 0.1) is 28.8 Å². The first kappa shape index (κ1) is 24.0. The molecule has 180 valence electrons. The van der Waals surface area contributed by atoms with Crippen LogP contribution >= 0.6 is 0 Å². The van der Waals surface area contributed by atoms with Crippen LogP contribution in [0.15, 0.2) is 41.3 Å². The minimum absolute atomic E-state index is 0.116. The van der Waals surface area contributed by atoms with E-state index in [1.54, 1.807) is 33.1 Å². The van der Waals surface area contributed by atoms with Crippen LogP contribution in [0.5, 0.6) is 5.75 Å². The van der Waals surface area contributed by atoms with Crippen molar-refractivity contribution in [2.45, 2.75) is 37.0 Å². The Morgan fingerprint density at radius 3 is 2.27 bits per heavy atom. The number of nitrogens with zero attached hydrogens (tertiary/aromatic N) is 2. The van der Waals surface area contributed by atoms with Gasteiger partial charge >= 0.3 is 0 Å². The van der Waals surface area contributed by atoms with Crippen molar-refractivity contribution >= 4 is 25.4 Å². The molecule has 2 aromatic carbocycles. The van der Waals surface area contributed by atoms with E-state index in [1.807, 2.05) is 6.07 Å². The molecule has 0 bridgehead atoms. The predicted octanol–water partition coefficient (Wildman–Crippen LogP) is 2.38. The van der Waals surface area contributed by atoms with E-state index in [0.717, 1.165) is 18.8 Å². The summed E-state index contributed by atoms with van der Waals surface area (Å²) in [6.07, 6.45) is 0. The van der Waals surface area contributed by atoms with Crippen molar-refractivity contribution in [1.29, 1.82) is 0 Å². The highest BCUT2D eigenvalue weighted by atomic mass is 32.2. The molecule has 0 aliphatic carbocycles. The molecule has 2 aromatic rings. The molecule has 2 aliphatic heterocycles. The highest BCUT2D eigenvalue weighted by Crippen LogP contribution is 2.34. The van der Waals surface area contributed by atoms with Gasteiger partial charge in [0.15, 0.2) is 19.7 Å². The van der Waals surface area contributed by atoms with Gasteiger partial charge in [-0.3, -0.25) is 4.90 Å². The Kier molecular flexibility index (Phi) is 6.50.